The molecule has 0 aromatic heterocycles. The minimum atomic E-state index is 0.396. The molecule has 3 atom stereocenters. The first kappa shape index (κ1) is 13.4. The van der Waals surface area contributed by atoms with E-state index in [0.717, 1.165) is 44.6 Å². The second-order valence-electron chi connectivity index (χ2n) is 5.49. The number of ether oxygens (including phenoxy) is 2. The molecule has 0 aliphatic carbocycles. The summed E-state index contributed by atoms with van der Waals surface area (Å²) in [6.45, 7) is 3.97. The Labute approximate surface area is 123 Å². The van der Waals surface area contributed by atoms with Crippen molar-refractivity contribution in [1.82, 2.24) is 0 Å². The molecule has 0 N–H and O–H groups in total. The van der Waals surface area contributed by atoms with Gasteiger partial charge in [0.15, 0.2) is 0 Å². The van der Waals surface area contributed by atoms with E-state index in [1.54, 1.807) is 0 Å². The predicted molar refractivity (Wildman–Crippen MR) is 80.1 cm³/mol. The second-order valence-corrected chi connectivity index (χ2v) is 6.48. The van der Waals surface area contributed by atoms with Gasteiger partial charge in [-0.1, -0.05) is 35.0 Å². The molecule has 0 spiro atoms. The van der Waals surface area contributed by atoms with E-state index in [1.165, 1.54) is 11.1 Å². The van der Waals surface area contributed by atoms with Gasteiger partial charge in [-0.25, -0.2) is 0 Å². The molecule has 2 nitrogen and oxygen atoms in total. The van der Waals surface area contributed by atoms with Gasteiger partial charge in [0.05, 0.1) is 12.7 Å². The Hall–Kier alpha value is -0.540. The van der Waals surface area contributed by atoms with E-state index in [-0.39, 0.29) is 0 Å². The third kappa shape index (κ3) is 2.68. The number of alkyl halides is 1. The monoisotopic (exact) mass is 324 g/mol. The van der Waals surface area contributed by atoms with E-state index in [4.69, 9.17) is 9.47 Å². The highest BCUT2D eigenvalue weighted by Crippen LogP contribution is 2.41. The van der Waals surface area contributed by atoms with Crippen LogP contribution in [0.15, 0.2) is 18.2 Å². The van der Waals surface area contributed by atoms with Crippen LogP contribution in [0.1, 0.15) is 42.1 Å². The van der Waals surface area contributed by atoms with Crippen LogP contribution in [0.2, 0.25) is 0 Å². The van der Waals surface area contributed by atoms with Crippen molar-refractivity contribution in [3.63, 3.8) is 0 Å². The molecule has 1 aromatic carbocycles. The van der Waals surface area contributed by atoms with Gasteiger partial charge in [0, 0.05) is 17.4 Å². The van der Waals surface area contributed by atoms with Gasteiger partial charge in [-0.2, -0.15) is 0 Å². The lowest BCUT2D eigenvalue weighted by Crippen LogP contribution is -2.19. The molecule has 104 valence electrons. The first-order chi connectivity index (χ1) is 9.29. The Morgan fingerprint density at radius 1 is 1.37 bits per heavy atom. The summed E-state index contributed by atoms with van der Waals surface area (Å²) in [6.07, 6.45) is 4.93. The fourth-order valence-corrected chi connectivity index (χ4v) is 4.11. The van der Waals surface area contributed by atoms with Crippen LogP contribution in [0, 0.1) is 5.92 Å². The SMILES string of the molecule is CCC1OCCC1C(Br)c1ccc2c(c1)CCCO2. The molecule has 1 aromatic rings. The number of benzene rings is 1. The number of aryl methyl sites for hydroxylation is 1. The molecule has 2 aliphatic rings. The van der Waals surface area contributed by atoms with Crippen LogP contribution in [-0.2, 0) is 11.2 Å². The quantitative estimate of drug-likeness (QED) is 0.773. The highest BCUT2D eigenvalue weighted by molar-refractivity contribution is 9.09. The van der Waals surface area contributed by atoms with Crippen molar-refractivity contribution in [2.24, 2.45) is 5.92 Å². The van der Waals surface area contributed by atoms with Gasteiger partial charge in [0.2, 0.25) is 0 Å². The molecule has 3 heteroatoms. The number of fused-ring (bicyclic) bond motifs is 1. The van der Waals surface area contributed by atoms with Crippen LogP contribution < -0.4 is 4.74 Å². The topological polar surface area (TPSA) is 18.5 Å². The van der Waals surface area contributed by atoms with Crippen LogP contribution in [0.5, 0.6) is 5.75 Å². The summed E-state index contributed by atoms with van der Waals surface area (Å²) < 4.78 is 11.5. The van der Waals surface area contributed by atoms with Crippen molar-refractivity contribution in [2.75, 3.05) is 13.2 Å². The van der Waals surface area contributed by atoms with Gasteiger partial charge in [-0.05, 0) is 42.9 Å². The molecule has 3 unspecified atom stereocenters. The summed E-state index contributed by atoms with van der Waals surface area (Å²) in [5.41, 5.74) is 2.73. The lowest BCUT2D eigenvalue weighted by molar-refractivity contribution is 0.0872. The van der Waals surface area contributed by atoms with E-state index in [9.17, 15) is 0 Å². The highest BCUT2D eigenvalue weighted by atomic mass is 79.9. The zero-order valence-electron chi connectivity index (χ0n) is 11.4. The third-order valence-electron chi connectivity index (χ3n) is 4.29. The Morgan fingerprint density at radius 3 is 3.11 bits per heavy atom. The Bertz CT molecular complexity index is 446. The summed E-state index contributed by atoms with van der Waals surface area (Å²) in [6, 6.07) is 6.66. The minimum absolute atomic E-state index is 0.396. The molecule has 1 fully saturated rings. The number of hydrogen-bond acceptors (Lipinski definition) is 2. The van der Waals surface area contributed by atoms with Crippen molar-refractivity contribution >= 4 is 15.9 Å². The zero-order chi connectivity index (χ0) is 13.2. The first-order valence-corrected chi connectivity index (χ1v) is 8.22. The van der Waals surface area contributed by atoms with E-state index < -0.39 is 0 Å². The second kappa shape index (κ2) is 5.84. The van der Waals surface area contributed by atoms with Crippen molar-refractivity contribution in [1.29, 1.82) is 0 Å². The Morgan fingerprint density at radius 2 is 2.26 bits per heavy atom. The van der Waals surface area contributed by atoms with Crippen LogP contribution in [0.3, 0.4) is 0 Å². The zero-order valence-corrected chi connectivity index (χ0v) is 13.0. The standard InChI is InChI=1S/C16H21BrO2/c1-2-14-13(7-9-19-14)16(17)12-5-6-15-11(10-12)4-3-8-18-15/h5-6,10,13-14,16H,2-4,7-9H2,1H3. The summed E-state index contributed by atoms with van der Waals surface area (Å²) in [5.74, 6) is 1.66. The molecule has 0 amide bonds. The van der Waals surface area contributed by atoms with E-state index in [0.29, 0.717) is 16.8 Å². The van der Waals surface area contributed by atoms with Crippen LogP contribution in [0.4, 0.5) is 0 Å². The fourth-order valence-electron chi connectivity index (χ4n) is 3.22. The van der Waals surface area contributed by atoms with Gasteiger partial charge in [0.1, 0.15) is 5.75 Å². The number of rotatable bonds is 3. The maximum atomic E-state index is 5.82. The van der Waals surface area contributed by atoms with Gasteiger partial charge in [0.25, 0.3) is 0 Å². The molecule has 3 rings (SSSR count). The first-order valence-electron chi connectivity index (χ1n) is 7.31. The fraction of sp³-hybridized carbons (Fsp3) is 0.625. The van der Waals surface area contributed by atoms with Gasteiger partial charge in [-0.3, -0.25) is 0 Å². The van der Waals surface area contributed by atoms with Crippen LogP contribution in [-0.4, -0.2) is 19.3 Å². The molecular weight excluding hydrogens is 304 g/mol. The highest BCUT2D eigenvalue weighted by Gasteiger charge is 2.33. The molecule has 19 heavy (non-hydrogen) atoms. The molecule has 0 saturated carbocycles. The number of hydrogen-bond donors (Lipinski definition) is 0. The van der Waals surface area contributed by atoms with E-state index in [2.05, 4.69) is 41.1 Å². The largest absolute Gasteiger partial charge is 0.493 e. The van der Waals surface area contributed by atoms with E-state index in [1.807, 2.05) is 0 Å². The van der Waals surface area contributed by atoms with Crippen molar-refractivity contribution < 1.29 is 9.47 Å². The normalized spacial score (nSPS) is 27.7. The van der Waals surface area contributed by atoms with Gasteiger partial charge >= 0.3 is 0 Å². The molecular formula is C16H21BrO2. The minimum Gasteiger partial charge on any atom is -0.493 e. The maximum absolute atomic E-state index is 5.82. The molecule has 2 aliphatic heterocycles. The average molecular weight is 325 g/mol. The van der Waals surface area contributed by atoms with Crippen molar-refractivity contribution in [3.05, 3.63) is 29.3 Å². The summed E-state index contributed by atoms with van der Waals surface area (Å²) in [7, 11) is 0. The predicted octanol–water partition coefficient (Wildman–Crippen LogP) is 4.26. The summed E-state index contributed by atoms with van der Waals surface area (Å²) >= 11 is 3.90. The molecule has 1 saturated heterocycles. The third-order valence-corrected chi connectivity index (χ3v) is 5.50. The van der Waals surface area contributed by atoms with Crippen LogP contribution >= 0.6 is 15.9 Å². The Kier molecular flexibility index (Phi) is 4.13. The molecule has 0 radical (unpaired) electrons. The number of halogens is 1. The molecule has 2 heterocycles. The molecule has 0 bridgehead atoms. The van der Waals surface area contributed by atoms with Gasteiger partial charge in [-0.15, -0.1) is 0 Å². The maximum Gasteiger partial charge on any atom is 0.122 e. The van der Waals surface area contributed by atoms with E-state index >= 15 is 0 Å². The van der Waals surface area contributed by atoms with Crippen molar-refractivity contribution in [3.8, 4) is 5.75 Å². The summed E-state index contributed by atoms with van der Waals surface area (Å²) in [4.78, 5) is 0.396. The average Bonchev–Trinajstić information content (AvgIpc) is 2.94. The Balaban J connectivity index is 1.81. The smallest absolute Gasteiger partial charge is 0.122 e. The summed E-state index contributed by atoms with van der Waals surface area (Å²) in [5, 5.41) is 0. The lowest BCUT2D eigenvalue weighted by atomic mass is 9.90. The van der Waals surface area contributed by atoms with Gasteiger partial charge < -0.3 is 9.47 Å². The lowest BCUT2D eigenvalue weighted by Gasteiger charge is -2.24. The van der Waals surface area contributed by atoms with Crippen LogP contribution in [0.25, 0.3) is 0 Å². The van der Waals surface area contributed by atoms with Crippen molar-refractivity contribution in [2.45, 2.75) is 43.5 Å².